The summed E-state index contributed by atoms with van der Waals surface area (Å²) in [6.07, 6.45) is 0. The van der Waals surface area contributed by atoms with Gasteiger partial charge in [-0.1, -0.05) is 48.5 Å². The van der Waals surface area contributed by atoms with Crippen molar-refractivity contribution in [3.05, 3.63) is 70.8 Å². The molecule has 108 valence electrons. The number of carboxylic acids is 1. The van der Waals surface area contributed by atoms with E-state index in [-0.39, 0.29) is 5.91 Å². The van der Waals surface area contributed by atoms with Crippen LogP contribution >= 0.6 is 0 Å². The van der Waals surface area contributed by atoms with Gasteiger partial charge in [-0.05, 0) is 30.5 Å². The highest BCUT2D eigenvalue weighted by Gasteiger charge is 2.23. The molecule has 1 atom stereocenters. The summed E-state index contributed by atoms with van der Waals surface area (Å²) < 4.78 is 0. The van der Waals surface area contributed by atoms with E-state index in [4.69, 9.17) is 0 Å². The first kappa shape index (κ1) is 14.8. The summed E-state index contributed by atoms with van der Waals surface area (Å²) in [6.45, 7) is 3.67. The SMILES string of the molecule is Cc1cccc(C)c1C(=O)N[C@@H](C(=O)O)c1ccccc1. The van der Waals surface area contributed by atoms with Crippen LogP contribution in [0.5, 0.6) is 0 Å². The Bertz CT molecular complexity index is 645. The molecule has 2 aromatic rings. The maximum atomic E-state index is 12.4. The van der Waals surface area contributed by atoms with Crippen molar-refractivity contribution < 1.29 is 14.7 Å². The number of carbonyl (C=O) groups is 2. The molecule has 0 aliphatic carbocycles. The Balaban J connectivity index is 2.30. The Labute approximate surface area is 123 Å². The Morgan fingerprint density at radius 1 is 0.952 bits per heavy atom. The van der Waals surface area contributed by atoms with Crippen molar-refractivity contribution >= 4 is 11.9 Å². The van der Waals surface area contributed by atoms with E-state index in [1.54, 1.807) is 30.3 Å². The fourth-order valence-corrected chi connectivity index (χ4v) is 2.31. The number of carboxylic acid groups (broad SMARTS) is 1. The number of aliphatic carboxylic acids is 1. The second kappa shape index (κ2) is 6.22. The van der Waals surface area contributed by atoms with Crippen molar-refractivity contribution in [1.29, 1.82) is 0 Å². The zero-order chi connectivity index (χ0) is 15.4. The van der Waals surface area contributed by atoms with Crippen LogP contribution in [0.15, 0.2) is 48.5 Å². The highest BCUT2D eigenvalue weighted by Crippen LogP contribution is 2.17. The van der Waals surface area contributed by atoms with Crippen molar-refractivity contribution in [3.8, 4) is 0 Å². The molecule has 0 heterocycles. The van der Waals surface area contributed by atoms with E-state index in [1.165, 1.54) is 0 Å². The van der Waals surface area contributed by atoms with E-state index >= 15 is 0 Å². The van der Waals surface area contributed by atoms with Gasteiger partial charge in [0, 0.05) is 5.56 Å². The second-order valence-electron chi connectivity index (χ2n) is 4.92. The van der Waals surface area contributed by atoms with Gasteiger partial charge in [-0.25, -0.2) is 4.79 Å². The van der Waals surface area contributed by atoms with Gasteiger partial charge in [0.1, 0.15) is 0 Å². The summed E-state index contributed by atoms with van der Waals surface area (Å²) >= 11 is 0. The molecule has 0 aliphatic rings. The van der Waals surface area contributed by atoms with E-state index in [0.29, 0.717) is 11.1 Å². The molecular weight excluding hydrogens is 266 g/mol. The van der Waals surface area contributed by atoms with E-state index in [1.807, 2.05) is 32.0 Å². The summed E-state index contributed by atoms with van der Waals surface area (Å²) in [5.74, 6) is -1.46. The molecule has 21 heavy (non-hydrogen) atoms. The molecule has 0 saturated carbocycles. The summed E-state index contributed by atoms with van der Waals surface area (Å²) in [5, 5.41) is 11.9. The van der Waals surface area contributed by atoms with Gasteiger partial charge in [-0.15, -0.1) is 0 Å². The Morgan fingerprint density at radius 3 is 2.05 bits per heavy atom. The first-order chi connectivity index (χ1) is 10.0. The number of nitrogens with one attached hydrogen (secondary N) is 1. The molecule has 2 rings (SSSR count). The lowest BCUT2D eigenvalue weighted by Crippen LogP contribution is -2.34. The van der Waals surface area contributed by atoms with Gasteiger partial charge in [-0.3, -0.25) is 4.79 Å². The minimum absolute atomic E-state index is 0.373. The highest BCUT2D eigenvalue weighted by atomic mass is 16.4. The Kier molecular flexibility index (Phi) is 4.38. The van der Waals surface area contributed by atoms with E-state index < -0.39 is 12.0 Å². The molecule has 2 N–H and O–H groups in total. The molecule has 0 bridgehead atoms. The standard InChI is InChI=1S/C17H17NO3/c1-11-7-6-8-12(2)14(11)16(19)18-15(17(20)21)13-9-4-3-5-10-13/h3-10,15H,1-2H3,(H,18,19)(H,20,21)/t15-/m1/s1. The van der Waals surface area contributed by atoms with Gasteiger partial charge in [-0.2, -0.15) is 0 Å². The van der Waals surface area contributed by atoms with Crippen molar-refractivity contribution in [2.24, 2.45) is 0 Å². The fourth-order valence-electron chi connectivity index (χ4n) is 2.31. The predicted octanol–water partition coefficient (Wildman–Crippen LogP) is 2.86. The van der Waals surface area contributed by atoms with Gasteiger partial charge in [0.2, 0.25) is 0 Å². The van der Waals surface area contributed by atoms with Gasteiger partial charge < -0.3 is 10.4 Å². The monoisotopic (exact) mass is 283 g/mol. The minimum atomic E-state index is -1.08. The average molecular weight is 283 g/mol. The normalized spacial score (nSPS) is 11.7. The van der Waals surface area contributed by atoms with Gasteiger partial charge in [0.15, 0.2) is 6.04 Å². The summed E-state index contributed by atoms with van der Waals surface area (Å²) in [4.78, 5) is 23.8. The molecule has 0 fully saturated rings. The van der Waals surface area contributed by atoms with Crippen LogP contribution < -0.4 is 5.32 Å². The molecule has 0 saturated heterocycles. The molecule has 0 aliphatic heterocycles. The van der Waals surface area contributed by atoms with Crippen LogP contribution in [0.25, 0.3) is 0 Å². The lowest BCUT2D eigenvalue weighted by atomic mass is 10.0. The van der Waals surface area contributed by atoms with E-state index in [2.05, 4.69) is 5.32 Å². The number of rotatable bonds is 4. The van der Waals surface area contributed by atoms with Crippen molar-refractivity contribution in [3.63, 3.8) is 0 Å². The maximum Gasteiger partial charge on any atom is 0.330 e. The third kappa shape index (κ3) is 3.28. The quantitative estimate of drug-likeness (QED) is 0.906. The summed E-state index contributed by atoms with van der Waals surface area (Å²) in [6, 6.07) is 13.1. The molecular formula is C17H17NO3. The van der Waals surface area contributed by atoms with Crippen LogP contribution in [0.1, 0.15) is 33.1 Å². The Morgan fingerprint density at radius 2 is 1.52 bits per heavy atom. The lowest BCUT2D eigenvalue weighted by molar-refractivity contribution is -0.139. The number of hydrogen-bond acceptors (Lipinski definition) is 2. The van der Waals surface area contributed by atoms with Crippen molar-refractivity contribution in [2.75, 3.05) is 0 Å². The third-order valence-corrected chi connectivity index (χ3v) is 3.36. The molecule has 0 radical (unpaired) electrons. The first-order valence-corrected chi connectivity index (χ1v) is 6.65. The van der Waals surface area contributed by atoms with Crippen LogP contribution in [-0.2, 0) is 4.79 Å². The third-order valence-electron chi connectivity index (χ3n) is 3.36. The van der Waals surface area contributed by atoms with Crippen LogP contribution in [0.4, 0.5) is 0 Å². The lowest BCUT2D eigenvalue weighted by Gasteiger charge is -2.17. The zero-order valence-corrected chi connectivity index (χ0v) is 12.0. The Hall–Kier alpha value is -2.62. The number of carbonyl (C=O) groups excluding carboxylic acids is 1. The molecule has 0 spiro atoms. The molecule has 4 nitrogen and oxygen atoms in total. The number of amides is 1. The zero-order valence-electron chi connectivity index (χ0n) is 12.0. The van der Waals surface area contributed by atoms with Crippen LogP contribution in [0.2, 0.25) is 0 Å². The maximum absolute atomic E-state index is 12.4. The highest BCUT2D eigenvalue weighted by molar-refractivity contribution is 5.99. The van der Waals surface area contributed by atoms with Crippen molar-refractivity contribution in [2.45, 2.75) is 19.9 Å². The smallest absolute Gasteiger partial charge is 0.330 e. The summed E-state index contributed by atoms with van der Waals surface area (Å²) in [5.41, 5.74) is 2.72. The van der Waals surface area contributed by atoms with E-state index in [0.717, 1.165) is 11.1 Å². The van der Waals surface area contributed by atoms with Crippen molar-refractivity contribution in [1.82, 2.24) is 5.32 Å². The number of benzene rings is 2. The van der Waals surface area contributed by atoms with Gasteiger partial charge in [0.25, 0.3) is 5.91 Å². The van der Waals surface area contributed by atoms with Crippen LogP contribution in [0.3, 0.4) is 0 Å². The molecule has 0 aromatic heterocycles. The van der Waals surface area contributed by atoms with Gasteiger partial charge in [0.05, 0.1) is 0 Å². The second-order valence-corrected chi connectivity index (χ2v) is 4.92. The number of hydrogen-bond donors (Lipinski definition) is 2. The molecule has 1 amide bonds. The van der Waals surface area contributed by atoms with Crippen LogP contribution in [-0.4, -0.2) is 17.0 Å². The predicted molar refractivity (Wildman–Crippen MR) is 80.2 cm³/mol. The minimum Gasteiger partial charge on any atom is -0.479 e. The largest absolute Gasteiger partial charge is 0.479 e. The molecule has 4 heteroatoms. The first-order valence-electron chi connectivity index (χ1n) is 6.65. The molecule has 0 unspecified atom stereocenters. The average Bonchev–Trinajstić information content (AvgIpc) is 2.45. The molecule has 2 aromatic carbocycles. The van der Waals surface area contributed by atoms with E-state index in [9.17, 15) is 14.7 Å². The number of aryl methyl sites for hydroxylation is 2. The summed E-state index contributed by atoms with van der Waals surface area (Å²) in [7, 11) is 0. The van der Waals surface area contributed by atoms with Gasteiger partial charge >= 0.3 is 5.97 Å². The topological polar surface area (TPSA) is 66.4 Å². The van der Waals surface area contributed by atoms with Crippen LogP contribution in [0, 0.1) is 13.8 Å². The fraction of sp³-hybridized carbons (Fsp3) is 0.176.